The lowest BCUT2D eigenvalue weighted by atomic mass is 10.1. The van der Waals surface area contributed by atoms with E-state index in [1.807, 2.05) is 30.3 Å². The Morgan fingerprint density at radius 1 is 0.964 bits per heavy atom. The van der Waals surface area contributed by atoms with Crippen LogP contribution in [0.15, 0.2) is 42.5 Å². The number of nitrogens with zero attached hydrogens (tertiary/aromatic N) is 1. The van der Waals surface area contributed by atoms with Crippen molar-refractivity contribution in [3.05, 3.63) is 69.2 Å². The highest BCUT2D eigenvalue weighted by Crippen LogP contribution is 2.24. The Hall–Kier alpha value is -1.20. The van der Waals surface area contributed by atoms with Gasteiger partial charge in [-0.2, -0.15) is 11.8 Å². The first-order valence-electron chi connectivity index (χ1n) is 9.73. The highest BCUT2D eigenvalue weighted by atomic mass is 35.5. The second-order valence-electron chi connectivity index (χ2n) is 7.09. The van der Waals surface area contributed by atoms with Crippen molar-refractivity contribution in [3.8, 4) is 0 Å². The molecule has 0 bridgehead atoms. The Bertz CT molecular complexity index is 777. The van der Waals surface area contributed by atoms with Crippen LogP contribution in [0.1, 0.15) is 40.7 Å². The van der Waals surface area contributed by atoms with Crippen molar-refractivity contribution in [1.82, 2.24) is 10.2 Å². The van der Waals surface area contributed by atoms with E-state index < -0.39 is 0 Å². The molecule has 1 N–H and O–H groups in total. The van der Waals surface area contributed by atoms with E-state index >= 15 is 0 Å². The van der Waals surface area contributed by atoms with E-state index in [1.54, 1.807) is 11.8 Å². The van der Waals surface area contributed by atoms with Crippen LogP contribution in [-0.2, 0) is 12.3 Å². The molecule has 0 spiro atoms. The quantitative estimate of drug-likeness (QED) is 0.543. The summed E-state index contributed by atoms with van der Waals surface area (Å²) in [7, 11) is 0. The number of carbonyl (C=O) groups excluding carboxylic acids is 1. The summed E-state index contributed by atoms with van der Waals surface area (Å²) in [4.78, 5) is 14.8. The molecule has 1 fully saturated rings. The summed E-state index contributed by atoms with van der Waals surface area (Å²) in [6.45, 7) is 3.98. The molecule has 0 saturated carbocycles. The number of hydrogen-bond acceptors (Lipinski definition) is 3. The number of carbonyl (C=O) groups is 1. The molecule has 0 aliphatic carbocycles. The lowest BCUT2D eigenvalue weighted by molar-refractivity contribution is 0.0956. The van der Waals surface area contributed by atoms with Gasteiger partial charge in [0.2, 0.25) is 0 Å². The number of thioether (sulfide) groups is 1. The van der Waals surface area contributed by atoms with Crippen molar-refractivity contribution >= 4 is 40.9 Å². The number of piperidine rings is 1. The van der Waals surface area contributed by atoms with Crippen LogP contribution in [0, 0.1) is 0 Å². The monoisotopic (exact) mass is 436 g/mol. The van der Waals surface area contributed by atoms with Crippen LogP contribution in [0.2, 0.25) is 10.0 Å². The summed E-state index contributed by atoms with van der Waals surface area (Å²) >= 11 is 13.7. The van der Waals surface area contributed by atoms with E-state index in [4.69, 9.17) is 23.2 Å². The van der Waals surface area contributed by atoms with Gasteiger partial charge in [0.15, 0.2) is 0 Å². The number of hydrogen-bond donors (Lipinski definition) is 1. The van der Waals surface area contributed by atoms with Crippen molar-refractivity contribution in [2.75, 3.05) is 25.4 Å². The number of benzene rings is 2. The summed E-state index contributed by atoms with van der Waals surface area (Å²) in [5.41, 5.74) is 3.13. The Kier molecular flexibility index (Phi) is 8.53. The molecule has 0 atom stereocenters. The maximum Gasteiger partial charge on any atom is 0.251 e. The fourth-order valence-corrected chi connectivity index (χ4v) is 4.42. The van der Waals surface area contributed by atoms with E-state index in [0.29, 0.717) is 16.6 Å². The van der Waals surface area contributed by atoms with Gasteiger partial charge in [-0.25, -0.2) is 0 Å². The van der Waals surface area contributed by atoms with Gasteiger partial charge in [-0.05, 0) is 61.3 Å². The Labute approximate surface area is 181 Å². The first kappa shape index (κ1) is 21.5. The lowest BCUT2D eigenvalue weighted by Gasteiger charge is -2.26. The predicted molar refractivity (Wildman–Crippen MR) is 121 cm³/mol. The number of amides is 1. The van der Waals surface area contributed by atoms with Crippen molar-refractivity contribution in [1.29, 1.82) is 0 Å². The first-order chi connectivity index (χ1) is 13.6. The Morgan fingerprint density at radius 3 is 2.39 bits per heavy atom. The molecule has 150 valence electrons. The molecular weight excluding hydrogens is 411 g/mol. The number of likely N-dealkylation sites (tertiary alicyclic amines) is 1. The Balaban J connectivity index is 1.36. The minimum atomic E-state index is -0.0142. The van der Waals surface area contributed by atoms with Crippen LogP contribution in [0.5, 0.6) is 0 Å². The third-order valence-corrected chi connectivity index (χ3v) is 6.62. The topological polar surface area (TPSA) is 32.3 Å². The molecule has 3 nitrogen and oxygen atoms in total. The van der Waals surface area contributed by atoms with E-state index in [9.17, 15) is 4.79 Å². The van der Waals surface area contributed by atoms with E-state index in [2.05, 4.69) is 22.3 Å². The van der Waals surface area contributed by atoms with Crippen molar-refractivity contribution < 1.29 is 4.79 Å². The maximum atomic E-state index is 12.3. The molecule has 1 heterocycles. The second-order valence-corrected chi connectivity index (χ2v) is 9.01. The summed E-state index contributed by atoms with van der Waals surface area (Å²) in [6, 6.07) is 13.7. The second kappa shape index (κ2) is 11.1. The molecule has 1 saturated heterocycles. The average molecular weight is 437 g/mol. The molecule has 0 unspecified atom stereocenters. The molecule has 2 aromatic carbocycles. The van der Waals surface area contributed by atoms with E-state index in [0.717, 1.165) is 29.2 Å². The first-order valence-corrected chi connectivity index (χ1v) is 11.6. The predicted octanol–water partition coefficient (Wildman–Crippen LogP) is 5.64. The molecule has 3 rings (SSSR count). The maximum absolute atomic E-state index is 12.3. The summed E-state index contributed by atoms with van der Waals surface area (Å²) in [6.07, 6.45) is 3.94. The van der Waals surface area contributed by atoms with E-state index in [-0.39, 0.29) is 5.91 Å². The molecule has 28 heavy (non-hydrogen) atoms. The highest BCUT2D eigenvalue weighted by Gasteiger charge is 2.11. The number of rotatable bonds is 8. The SMILES string of the molecule is O=C(NCCSCc1ccc(Cl)c(Cl)c1)c1ccc(CN2CCCCC2)cc1. The van der Waals surface area contributed by atoms with Gasteiger partial charge in [-0.15, -0.1) is 0 Å². The van der Waals surface area contributed by atoms with E-state index in [1.165, 1.54) is 37.9 Å². The molecule has 1 aliphatic heterocycles. The third-order valence-electron chi connectivity index (χ3n) is 4.86. The molecule has 2 aromatic rings. The smallest absolute Gasteiger partial charge is 0.251 e. The summed E-state index contributed by atoms with van der Waals surface area (Å²) < 4.78 is 0. The van der Waals surface area contributed by atoms with Crippen LogP contribution >= 0.6 is 35.0 Å². The molecular formula is C22H26Cl2N2OS. The van der Waals surface area contributed by atoms with Crippen molar-refractivity contribution in [3.63, 3.8) is 0 Å². The zero-order valence-electron chi connectivity index (χ0n) is 15.9. The van der Waals surface area contributed by atoms with Crippen LogP contribution in [0.3, 0.4) is 0 Å². The van der Waals surface area contributed by atoms with Gasteiger partial charge in [0.05, 0.1) is 10.0 Å². The number of nitrogens with one attached hydrogen (secondary N) is 1. The fraction of sp³-hybridized carbons (Fsp3) is 0.409. The van der Waals surface area contributed by atoms with Gasteiger partial charge >= 0.3 is 0 Å². The summed E-state index contributed by atoms with van der Waals surface area (Å²) in [5, 5.41) is 4.14. The fourth-order valence-electron chi connectivity index (χ4n) is 3.30. The molecule has 0 aromatic heterocycles. The van der Waals surface area contributed by atoms with Crippen molar-refractivity contribution in [2.24, 2.45) is 0 Å². The molecule has 1 aliphatic rings. The molecule has 1 amide bonds. The minimum Gasteiger partial charge on any atom is -0.351 e. The van der Waals surface area contributed by atoms with Gasteiger partial charge < -0.3 is 5.32 Å². The average Bonchev–Trinajstić information content (AvgIpc) is 2.71. The normalized spacial score (nSPS) is 14.8. The van der Waals surface area contributed by atoms with Crippen LogP contribution in [0.25, 0.3) is 0 Å². The zero-order valence-corrected chi connectivity index (χ0v) is 18.3. The molecule has 0 radical (unpaired) electrons. The van der Waals surface area contributed by atoms with Crippen LogP contribution in [-0.4, -0.2) is 36.2 Å². The van der Waals surface area contributed by atoms with Gasteiger partial charge in [0.25, 0.3) is 5.91 Å². The largest absolute Gasteiger partial charge is 0.351 e. The van der Waals surface area contributed by atoms with Gasteiger partial charge in [-0.3, -0.25) is 9.69 Å². The van der Waals surface area contributed by atoms with Crippen molar-refractivity contribution in [2.45, 2.75) is 31.6 Å². The van der Waals surface area contributed by atoms with Gasteiger partial charge in [-0.1, -0.05) is 47.8 Å². The third kappa shape index (κ3) is 6.70. The van der Waals surface area contributed by atoms with Crippen LogP contribution in [0.4, 0.5) is 0 Å². The summed E-state index contributed by atoms with van der Waals surface area (Å²) in [5.74, 6) is 1.68. The highest BCUT2D eigenvalue weighted by molar-refractivity contribution is 7.98. The number of halogens is 2. The Morgan fingerprint density at radius 2 is 1.68 bits per heavy atom. The van der Waals surface area contributed by atoms with Crippen LogP contribution < -0.4 is 5.32 Å². The molecule has 6 heteroatoms. The van der Waals surface area contributed by atoms with Gasteiger partial charge in [0, 0.05) is 30.2 Å². The lowest BCUT2D eigenvalue weighted by Crippen LogP contribution is -2.29. The van der Waals surface area contributed by atoms with Gasteiger partial charge in [0.1, 0.15) is 0 Å². The zero-order chi connectivity index (χ0) is 19.8. The standard InChI is InChI=1S/C22H26Cl2N2OS/c23-20-9-6-18(14-21(20)24)16-28-13-10-25-22(27)19-7-4-17(5-8-19)15-26-11-2-1-3-12-26/h4-9,14H,1-3,10-13,15-16H2,(H,25,27). The minimum absolute atomic E-state index is 0.0142.